The van der Waals surface area contributed by atoms with E-state index in [1.54, 1.807) is 7.11 Å². The van der Waals surface area contributed by atoms with Gasteiger partial charge in [0, 0.05) is 19.1 Å². The molecule has 0 spiro atoms. The smallest absolute Gasteiger partial charge is 0.308 e. The van der Waals surface area contributed by atoms with Crippen molar-refractivity contribution in [3.63, 3.8) is 0 Å². The van der Waals surface area contributed by atoms with E-state index in [1.807, 2.05) is 20.8 Å². The molecule has 1 aliphatic carbocycles. The van der Waals surface area contributed by atoms with E-state index in [4.69, 9.17) is 9.15 Å². The summed E-state index contributed by atoms with van der Waals surface area (Å²) in [5, 5.41) is 10.7. The SMILES string of the molecule is COC1(CNC(=O)c2nnc(C(C)(C)C)o2)CCCCCC1. The van der Waals surface area contributed by atoms with E-state index in [0.29, 0.717) is 12.4 Å². The van der Waals surface area contributed by atoms with Crippen molar-refractivity contribution in [2.45, 2.75) is 70.3 Å². The third-order valence-electron chi connectivity index (χ3n) is 4.28. The van der Waals surface area contributed by atoms with E-state index in [9.17, 15) is 4.79 Å². The lowest BCUT2D eigenvalue weighted by Crippen LogP contribution is -2.44. The van der Waals surface area contributed by atoms with Crippen LogP contribution in [0, 0.1) is 0 Å². The summed E-state index contributed by atoms with van der Waals surface area (Å²) in [6, 6.07) is 0. The van der Waals surface area contributed by atoms with Gasteiger partial charge in [0.1, 0.15) is 0 Å². The number of aromatic nitrogens is 2. The number of nitrogens with one attached hydrogen (secondary N) is 1. The summed E-state index contributed by atoms with van der Waals surface area (Å²) in [7, 11) is 1.72. The molecule has 0 atom stereocenters. The van der Waals surface area contributed by atoms with E-state index in [0.717, 1.165) is 25.7 Å². The molecule has 2 rings (SSSR count). The van der Waals surface area contributed by atoms with Crippen LogP contribution in [0.1, 0.15) is 75.9 Å². The van der Waals surface area contributed by atoms with E-state index in [2.05, 4.69) is 15.5 Å². The van der Waals surface area contributed by atoms with Crippen molar-refractivity contribution in [2.24, 2.45) is 0 Å². The van der Waals surface area contributed by atoms with Crippen molar-refractivity contribution in [2.75, 3.05) is 13.7 Å². The topological polar surface area (TPSA) is 77.2 Å². The van der Waals surface area contributed by atoms with E-state index in [1.165, 1.54) is 12.8 Å². The van der Waals surface area contributed by atoms with Gasteiger partial charge < -0.3 is 14.5 Å². The highest BCUT2D eigenvalue weighted by Crippen LogP contribution is 2.29. The van der Waals surface area contributed by atoms with Crippen LogP contribution in [-0.4, -0.2) is 35.4 Å². The van der Waals surface area contributed by atoms with Gasteiger partial charge in [0.25, 0.3) is 0 Å². The molecule has 1 N–H and O–H groups in total. The summed E-state index contributed by atoms with van der Waals surface area (Å²) in [5.74, 6) is 0.155. The van der Waals surface area contributed by atoms with E-state index >= 15 is 0 Å². The lowest BCUT2D eigenvalue weighted by molar-refractivity contribution is -0.0207. The van der Waals surface area contributed by atoms with Crippen LogP contribution in [0.5, 0.6) is 0 Å². The minimum Gasteiger partial charge on any atom is -0.416 e. The summed E-state index contributed by atoms with van der Waals surface area (Å²) in [6.07, 6.45) is 6.69. The molecule has 1 fully saturated rings. The maximum Gasteiger partial charge on any atom is 0.308 e. The number of nitrogens with zero attached hydrogens (tertiary/aromatic N) is 2. The molecule has 0 radical (unpaired) electrons. The molecular formula is C16H27N3O3. The Morgan fingerprint density at radius 1 is 1.23 bits per heavy atom. The molecule has 1 aromatic heterocycles. The van der Waals surface area contributed by atoms with Crippen LogP contribution < -0.4 is 5.32 Å². The zero-order valence-electron chi connectivity index (χ0n) is 14.1. The Bertz CT molecular complexity index is 497. The molecule has 0 saturated heterocycles. The Labute approximate surface area is 132 Å². The molecule has 1 aliphatic rings. The van der Waals surface area contributed by atoms with Gasteiger partial charge in [-0.2, -0.15) is 0 Å². The first-order chi connectivity index (χ1) is 10.4. The molecule has 6 nitrogen and oxygen atoms in total. The van der Waals surface area contributed by atoms with Crippen molar-refractivity contribution in [1.29, 1.82) is 0 Å². The highest BCUT2D eigenvalue weighted by atomic mass is 16.5. The second-order valence-corrected chi connectivity index (χ2v) is 7.15. The first-order valence-electron chi connectivity index (χ1n) is 8.04. The van der Waals surface area contributed by atoms with Gasteiger partial charge in [0.15, 0.2) is 0 Å². The number of amides is 1. The first-order valence-corrected chi connectivity index (χ1v) is 8.04. The van der Waals surface area contributed by atoms with Gasteiger partial charge in [-0.05, 0) is 12.8 Å². The van der Waals surface area contributed by atoms with Crippen molar-refractivity contribution < 1.29 is 13.9 Å². The van der Waals surface area contributed by atoms with Crippen molar-refractivity contribution >= 4 is 5.91 Å². The molecule has 1 aromatic rings. The second kappa shape index (κ2) is 6.77. The van der Waals surface area contributed by atoms with Crippen LogP contribution in [0.25, 0.3) is 0 Å². The lowest BCUT2D eigenvalue weighted by atomic mass is 9.94. The van der Waals surface area contributed by atoms with Gasteiger partial charge in [0.05, 0.1) is 5.60 Å². The Kier molecular flexibility index (Phi) is 5.21. The zero-order chi connectivity index (χ0) is 16.2. The molecule has 1 amide bonds. The summed E-state index contributed by atoms with van der Waals surface area (Å²) in [4.78, 5) is 12.2. The quantitative estimate of drug-likeness (QED) is 0.865. The Morgan fingerprint density at radius 3 is 2.36 bits per heavy atom. The highest BCUT2D eigenvalue weighted by Gasteiger charge is 2.32. The fourth-order valence-corrected chi connectivity index (χ4v) is 2.76. The van der Waals surface area contributed by atoms with Gasteiger partial charge in [-0.1, -0.05) is 46.5 Å². The number of methoxy groups -OCH3 is 1. The largest absolute Gasteiger partial charge is 0.416 e. The molecule has 0 aliphatic heterocycles. The van der Waals surface area contributed by atoms with Crippen molar-refractivity contribution in [1.82, 2.24) is 15.5 Å². The summed E-state index contributed by atoms with van der Waals surface area (Å²) in [5.41, 5.74) is -0.528. The Hall–Kier alpha value is -1.43. The molecule has 0 unspecified atom stereocenters. The van der Waals surface area contributed by atoms with Crippen molar-refractivity contribution in [3.05, 3.63) is 11.8 Å². The number of carbonyl (C=O) groups excluding carboxylic acids is 1. The van der Waals surface area contributed by atoms with E-state index < -0.39 is 0 Å². The molecule has 22 heavy (non-hydrogen) atoms. The third-order valence-corrected chi connectivity index (χ3v) is 4.28. The lowest BCUT2D eigenvalue weighted by Gasteiger charge is -2.31. The maximum atomic E-state index is 12.2. The summed E-state index contributed by atoms with van der Waals surface area (Å²) in [6.45, 7) is 6.38. The summed E-state index contributed by atoms with van der Waals surface area (Å²) < 4.78 is 11.2. The van der Waals surface area contributed by atoms with E-state index in [-0.39, 0.29) is 22.8 Å². The predicted molar refractivity (Wildman–Crippen MR) is 82.8 cm³/mol. The molecule has 6 heteroatoms. The molecular weight excluding hydrogens is 282 g/mol. The van der Waals surface area contributed by atoms with Gasteiger partial charge in [-0.25, -0.2) is 0 Å². The highest BCUT2D eigenvalue weighted by molar-refractivity contribution is 5.89. The van der Waals surface area contributed by atoms with Gasteiger partial charge in [-0.3, -0.25) is 4.79 Å². The van der Waals surface area contributed by atoms with Crippen LogP contribution in [-0.2, 0) is 10.2 Å². The van der Waals surface area contributed by atoms with Crippen LogP contribution in [0.4, 0.5) is 0 Å². The first kappa shape index (κ1) is 16.9. The summed E-state index contributed by atoms with van der Waals surface area (Å²) >= 11 is 0. The number of hydrogen-bond acceptors (Lipinski definition) is 5. The average Bonchev–Trinajstić information content (AvgIpc) is 2.86. The second-order valence-electron chi connectivity index (χ2n) is 7.15. The molecule has 0 aromatic carbocycles. The fraction of sp³-hybridized carbons (Fsp3) is 0.812. The number of rotatable bonds is 4. The minimum atomic E-state index is -0.330. The van der Waals surface area contributed by atoms with Gasteiger partial charge in [-0.15, -0.1) is 10.2 Å². The monoisotopic (exact) mass is 309 g/mol. The number of carbonyl (C=O) groups is 1. The zero-order valence-corrected chi connectivity index (χ0v) is 14.1. The van der Waals surface area contributed by atoms with Crippen LogP contribution >= 0.6 is 0 Å². The Balaban J connectivity index is 1.98. The number of ether oxygens (including phenoxy) is 1. The standard InChI is InChI=1S/C16H27N3O3/c1-15(2,3)14-19-18-13(22-14)12(20)17-11-16(21-4)9-7-5-6-8-10-16/h5-11H2,1-4H3,(H,17,20). The van der Waals surface area contributed by atoms with Crippen LogP contribution in [0.15, 0.2) is 4.42 Å². The van der Waals surface area contributed by atoms with Gasteiger partial charge >= 0.3 is 11.8 Å². The molecule has 1 saturated carbocycles. The van der Waals surface area contributed by atoms with Crippen LogP contribution in [0.3, 0.4) is 0 Å². The maximum absolute atomic E-state index is 12.2. The number of hydrogen-bond donors (Lipinski definition) is 1. The molecule has 1 heterocycles. The van der Waals surface area contributed by atoms with Crippen LogP contribution in [0.2, 0.25) is 0 Å². The van der Waals surface area contributed by atoms with Gasteiger partial charge in [0.2, 0.25) is 5.89 Å². The Morgan fingerprint density at radius 2 is 1.86 bits per heavy atom. The minimum absolute atomic E-state index is 0.0183. The van der Waals surface area contributed by atoms with Crippen molar-refractivity contribution in [3.8, 4) is 0 Å². The fourth-order valence-electron chi connectivity index (χ4n) is 2.76. The molecule has 0 bridgehead atoms. The normalized spacial score (nSPS) is 18.7. The molecule has 124 valence electrons. The predicted octanol–water partition coefficient (Wildman–Crippen LogP) is 2.84. The third kappa shape index (κ3) is 4.06. The average molecular weight is 309 g/mol.